The Morgan fingerprint density at radius 3 is 2.81 bits per heavy atom. The Labute approximate surface area is 95.7 Å². The largest absolute Gasteiger partial charge is 0.395 e. The summed E-state index contributed by atoms with van der Waals surface area (Å²) in [6.45, 7) is 2.74. The molecule has 1 unspecified atom stereocenters. The van der Waals surface area contributed by atoms with Gasteiger partial charge in [0.05, 0.1) is 6.61 Å². The third-order valence-corrected chi connectivity index (χ3v) is 2.66. The van der Waals surface area contributed by atoms with Gasteiger partial charge in [-0.2, -0.15) is 0 Å². The molecule has 1 aromatic carbocycles. The Morgan fingerprint density at radius 1 is 1.56 bits per heavy atom. The summed E-state index contributed by atoms with van der Waals surface area (Å²) in [5.41, 5.74) is 6.74. The fourth-order valence-corrected chi connectivity index (χ4v) is 1.41. The van der Waals surface area contributed by atoms with E-state index in [0.717, 1.165) is 5.56 Å². The van der Waals surface area contributed by atoms with Crippen molar-refractivity contribution >= 4 is 5.91 Å². The molecule has 3 N–H and O–H groups in total. The summed E-state index contributed by atoms with van der Waals surface area (Å²) in [5.74, 6) is -0.417. The number of hydrogen-bond donors (Lipinski definition) is 2. The molecule has 1 atom stereocenters. The lowest BCUT2D eigenvalue weighted by atomic mass is 10.1. The van der Waals surface area contributed by atoms with E-state index in [1.165, 1.54) is 0 Å². The summed E-state index contributed by atoms with van der Waals surface area (Å²) in [4.78, 5) is 13.0. The molecule has 0 radical (unpaired) electrons. The predicted octanol–water partition coefficient (Wildman–Crippen LogP) is 0.598. The first kappa shape index (κ1) is 12.7. The Balaban J connectivity index is 2.74. The molecule has 0 aliphatic rings. The first-order valence-corrected chi connectivity index (χ1v) is 5.24. The monoisotopic (exact) mass is 222 g/mol. The number of benzene rings is 1. The lowest BCUT2D eigenvalue weighted by Gasteiger charge is -2.22. The van der Waals surface area contributed by atoms with E-state index in [2.05, 4.69) is 0 Å². The van der Waals surface area contributed by atoms with Crippen LogP contribution in [0.25, 0.3) is 0 Å². The average Bonchev–Trinajstić information content (AvgIpc) is 2.28. The Hall–Kier alpha value is -1.39. The standard InChI is InChI=1S/C12H18N2O2/c1-9(8-15)14(2)7-10-4-3-5-11(6-10)12(13)16/h3-6,9,15H,7-8H2,1-2H3,(H2,13,16). The molecular weight excluding hydrogens is 204 g/mol. The molecule has 0 spiro atoms. The van der Waals surface area contributed by atoms with Crippen molar-refractivity contribution in [2.24, 2.45) is 5.73 Å². The van der Waals surface area contributed by atoms with Crippen LogP contribution in [0, 0.1) is 0 Å². The van der Waals surface area contributed by atoms with Gasteiger partial charge in [0.25, 0.3) is 0 Å². The lowest BCUT2D eigenvalue weighted by Crippen LogP contribution is -2.31. The van der Waals surface area contributed by atoms with E-state index < -0.39 is 5.91 Å². The second-order valence-corrected chi connectivity index (χ2v) is 4.01. The highest BCUT2D eigenvalue weighted by molar-refractivity contribution is 5.92. The molecule has 0 aromatic heterocycles. The molecule has 16 heavy (non-hydrogen) atoms. The van der Waals surface area contributed by atoms with Crippen LogP contribution in [0.1, 0.15) is 22.8 Å². The van der Waals surface area contributed by atoms with Crippen LogP contribution in [-0.4, -0.2) is 35.6 Å². The van der Waals surface area contributed by atoms with Crippen molar-refractivity contribution in [1.29, 1.82) is 0 Å². The van der Waals surface area contributed by atoms with Gasteiger partial charge in [-0.25, -0.2) is 0 Å². The minimum Gasteiger partial charge on any atom is -0.395 e. The molecule has 4 nitrogen and oxygen atoms in total. The second kappa shape index (κ2) is 5.63. The van der Waals surface area contributed by atoms with Crippen molar-refractivity contribution in [3.63, 3.8) is 0 Å². The molecular formula is C12H18N2O2. The van der Waals surface area contributed by atoms with Gasteiger partial charge in [0.15, 0.2) is 0 Å². The van der Waals surface area contributed by atoms with E-state index in [4.69, 9.17) is 10.8 Å². The highest BCUT2D eigenvalue weighted by atomic mass is 16.3. The van der Waals surface area contributed by atoms with Crippen LogP contribution in [0.5, 0.6) is 0 Å². The van der Waals surface area contributed by atoms with E-state index in [1.54, 1.807) is 12.1 Å². The van der Waals surface area contributed by atoms with E-state index in [9.17, 15) is 4.79 Å². The molecule has 0 heterocycles. The van der Waals surface area contributed by atoms with Crippen LogP contribution in [0.4, 0.5) is 0 Å². The lowest BCUT2D eigenvalue weighted by molar-refractivity contribution is 0.1000. The van der Waals surface area contributed by atoms with Crippen molar-refractivity contribution in [2.45, 2.75) is 19.5 Å². The van der Waals surface area contributed by atoms with Crippen molar-refractivity contribution in [3.05, 3.63) is 35.4 Å². The second-order valence-electron chi connectivity index (χ2n) is 4.01. The molecule has 1 amide bonds. The average molecular weight is 222 g/mol. The van der Waals surface area contributed by atoms with Gasteiger partial charge >= 0.3 is 0 Å². The zero-order valence-corrected chi connectivity index (χ0v) is 9.68. The number of nitrogens with two attached hydrogens (primary N) is 1. The number of hydrogen-bond acceptors (Lipinski definition) is 3. The molecule has 1 aromatic rings. The van der Waals surface area contributed by atoms with Crippen LogP contribution in [0.15, 0.2) is 24.3 Å². The number of carbonyl (C=O) groups is 1. The Bertz CT molecular complexity index is 366. The molecule has 0 saturated carbocycles. The molecule has 0 aliphatic carbocycles. The number of rotatable bonds is 5. The molecule has 1 rings (SSSR count). The normalized spacial score (nSPS) is 12.8. The summed E-state index contributed by atoms with van der Waals surface area (Å²) in [7, 11) is 1.93. The van der Waals surface area contributed by atoms with Crippen molar-refractivity contribution in [3.8, 4) is 0 Å². The van der Waals surface area contributed by atoms with E-state index in [0.29, 0.717) is 12.1 Å². The number of aliphatic hydroxyl groups is 1. The predicted molar refractivity (Wildman–Crippen MR) is 63.0 cm³/mol. The van der Waals surface area contributed by atoms with Crippen LogP contribution < -0.4 is 5.73 Å². The van der Waals surface area contributed by atoms with Crippen LogP contribution >= 0.6 is 0 Å². The fraction of sp³-hybridized carbons (Fsp3) is 0.417. The number of amides is 1. The van der Waals surface area contributed by atoms with Gasteiger partial charge in [0.2, 0.25) is 5.91 Å². The maximum absolute atomic E-state index is 11.0. The third-order valence-electron chi connectivity index (χ3n) is 2.66. The number of aliphatic hydroxyl groups excluding tert-OH is 1. The maximum Gasteiger partial charge on any atom is 0.248 e. The number of primary amides is 1. The van der Waals surface area contributed by atoms with Gasteiger partial charge in [0, 0.05) is 18.2 Å². The molecule has 0 fully saturated rings. The number of carbonyl (C=O) groups excluding carboxylic acids is 1. The summed E-state index contributed by atoms with van der Waals surface area (Å²) in [6, 6.07) is 7.32. The quantitative estimate of drug-likeness (QED) is 0.766. The summed E-state index contributed by atoms with van der Waals surface area (Å²) in [6.07, 6.45) is 0. The number of nitrogens with zero attached hydrogens (tertiary/aromatic N) is 1. The van der Waals surface area contributed by atoms with Gasteiger partial charge in [-0.15, -0.1) is 0 Å². The van der Waals surface area contributed by atoms with E-state index >= 15 is 0 Å². The van der Waals surface area contributed by atoms with Gasteiger partial charge in [-0.05, 0) is 31.7 Å². The fourth-order valence-electron chi connectivity index (χ4n) is 1.41. The first-order chi connectivity index (χ1) is 7.54. The molecule has 0 aliphatic heterocycles. The van der Waals surface area contributed by atoms with Crippen LogP contribution in [0.3, 0.4) is 0 Å². The molecule has 88 valence electrons. The maximum atomic E-state index is 11.0. The first-order valence-electron chi connectivity index (χ1n) is 5.24. The van der Waals surface area contributed by atoms with Crippen molar-refractivity contribution in [1.82, 2.24) is 4.90 Å². The Kier molecular flexibility index (Phi) is 4.46. The number of likely N-dealkylation sites (N-methyl/N-ethyl adjacent to an activating group) is 1. The molecule has 0 saturated heterocycles. The van der Waals surface area contributed by atoms with E-state index in [1.807, 2.05) is 31.0 Å². The summed E-state index contributed by atoms with van der Waals surface area (Å²) < 4.78 is 0. The Morgan fingerprint density at radius 2 is 2.25 bits per heavy atom. The SMILES string of the molecule is CC(CO)N(C)Cc1cccc(C(N)=O)c1. The molecule has 4 heteroatoms. The van der Waals surface area contributed by atoms with Crippen molar-refractivity contribution in [2.75, 3.05) is 13.7 Å². The van der Waals surface area contributed by atoms with Gasteiger partial charge < -0.3 is 10.8 Å². The highest BCUT2D eigenvalue weighted by Gasteiger charge is 2.09. The van der Waals surface area contributed by atoms with Crippen molar-refractivity contribution < 1.29 is 9.90 Å². The minimum absolute atomic E-state index is 0.0947. The van der Waals surface area contributed by atoms with Crippen LogP contribution in [0.2, 0.25) is 0 Å². The topological polar surface area (TPSA) is 66.6 Å². The van der Waals surface area contributed by atoms with Gasteiger partial charge in [-0.1, -0.05) is 12.1 Å². The van der Waals surface area contributed by atoms with Gasteiger partial charge in [0.1, 0.15) is 0 Å². The zero-order valence-electron chi connectivity index (χ0n) is 9.68. The van der Waals surface area contributed by atoms with Crippen LogP contribution in [-0.2, 0) is 6.54 Å². The zero-order chi connectivity index (χ0) is 12.1. The minimum atomic E-state index is -0.417. The summed E-state index contributed by atoms with van der Waals surface area (Å²) in [5, 5.41) is 9.01. The highest BCUT2D eigenvalue weighted by Crippen LogP contribution is 2.08. The third kappa shape index (κ3) is 3.32. The smallest absolute Gasteiger partial charge is 0.248 e. The van der Waals surface area contributed by atoms with Gasteiger partial charge in [-0.3, -0.25) is 9.69 Å². The molecule has 0 bridgehead atoms. The summed E-state index contributed by atoms with van der Waals surface area (Å²) >= 11 is 0. The van der Waals surface area contributed by atoms with E-state index in [-0.39, 0.29) is 12.6 Å².